The van der Waals surface area contributed by atoms with Gasteiger partial charge in [0.05, 0.1) is 23.6 Å². The van der Waals surface area contributed by atoms with Gasteiger partial charge in [-0.05, 0) is 24.1 Å². The van der Waals surface area contributed by atoms with Crippen LogP contribution in [0.25, 0.3) is 0 Å². The minimum Gasteiger partial charge on any atom is -0.349 e. The first-order valence-electron chi connectivity index (χ1n) is 11.5. The molecule has 3 aromatic rings. The van der Waals surface area contributed by atoms with Gasteiger partial charge in [0.25, 0.3) is 0 Å². The number of hydrogen-bond donors (Lipinski definition) is 0. The number of rotatable bonds is 3. The predicted octanol–water partition coefficient (Wildman–Crippen LogP) is 4.60. The summed E-state index contributed by atoms with van der Waals surface area (Å²) in [6.45, 7) is 1.93. The lowest BCUT2D eigenvalue weighted by Gasteiger charge is -2.28. The van der Waals surface area contributed by atoms with Crippen LogP contribution in [0.15, 0.2) is 72.8 Å². The summed E-state index contributed by atoms with van der Waals surface area (Å²) in [6.07, 6.45) is -0.437. The number of para-hydroxylation sites is 1. The Morgan fingerprint density at radius 3 is 2.09 bits per heavy atom. The number of imide groups is 1. The molecule has 0 radical (unpaired) electrons. The maximum atomic E-state index is 14.0. The van der Waals surface area contributed by atoms with Crippen molar-refractivity contribution < 1.29 is 23.9 Å². The van der Waals surface area contributed by atoms with Crippen molar-refractivity contribution in [2.45, 2.75) is 25.0 Å². The molecule has 2 amide bonds. The minimum atomic E-state index is -2.11. The second-order valence-corrected chi connectivity index (χ2v) is 9.40. The standard InChI is InChI=1S/C28H20ClNO5/c1-2-15-9-3-8-14-20(15)30-26(33)21-22(27(30)34)28(35-23(21)18-12-6-7-13-19(18)29)24(31)16-10-4-5-11-17(16)25(28)32/h3-14,21-23H,2H2,1H3/t21-,22-,23-/m0/s1. The Labute approximate surface area is 206 Å². The van der Waals surface area contributed by atoms with Crippen molar-refractivity contribution in [1.29, 1.82) is 0 Å². The van der Waals surface area contributed by atoms with E-state index in [4.69, 9.17) is 16.3 Å². The summed E-state index contributed by atoms with van der Waals surface area (Å²) < 4.78 is 6.28. The second-order valence-electron chi connectivity index (χ2n) is 9.00. The Bertz CT molecular complexity index is 1410. The van der Waals surface area contributed by atoms with Gasteiger partial charge in [-0.15, -0.1) is 0 Å². The largest absolute Gasteiger partial charge is 0.349 e. The van der Waals surface area contributed by atoms with Gasteiger partial charge in [-0.3, -0.25) is 19.2 Å². The van der Waals surface area contributed by atoms with Crippen LogP contribution in [0.5, 0.6) is 0 Å². The van der Waals surface area contributed by atoms with E-state index in [0.717, 1.165) is 10.5 Å². The van der Waals surface area contributed by atoms with Gasteiger partial charge in [-0.25, -0.2) is 4.90 Å². The molecule has 2 aliphatic heterocycles. The fourth-order valence-electron chi connectivity index (χ4n) is 5.77. The monoisotopic (exact) mass is 485 g/mol. The van der Waals surface area contributed by atoms with Gasteiger partial charge in [0.15, 0.2) is 0 Å². The third-order valence-corrected chi connectivity index (χ3v) is 7.69. The summed E-state index contributed by atoms with van der Waals surface area (Å²) in [5.74, 6) is -4.66. The molecule has 0 aromatic heterocycles. The van der Waals surface area contributed by atoms with Gasteiger partial charge in [0.2, 0.25) is 29.0 Å². The third kappa shape index (κ3) is 2.75. The third-order valence-electron chi connectivity index (χ3n) is 7.34. The van der Waals surface area contributed by atoms with Crippen LogP contribution in [0, 0.1) is 11.8 Å². The van der Waals surface area contributed by atoms with E-state index in [9.17, 15) is 19.2 Å². The van der Waals surface area contributed by atoms with Crippen molar-refractivity contribution in [1.82, 2.24) is 0 Å². The van der Waals surface area contributed by atoms with Crippen LogP contribution in [0.3, 0.4) is 0 Å². The first-order valence-corrected chi connectivity index (χ1v) is 11.9. The second kappa shape index (κ2) is 7.70. The molecule has 2 fully saturated rings. The summed E-state index contributed by atoms with van der Waals surface area (Å²) in [7, 11) is 0. The zero-order valence-corrected chi connectivity index (χ0v) is 19.5. The smallest absolute Gasteiger partial charge is 0.241 e. The van der Waals surface area contributed by atoms with E-state index < -0.39 is 46.9 Å². The van der Waals surface area contributed by atoms with Crippen LogP contribution in [0.4, 0.5) is 5.69 Å². The average Bonchev–Trinajstić information content (AvgIpc) is 3.44. The van der Waals surface area contributed by atoms with Crippen LogP contribution in [0.1, 0.15) is 44.9 Å². The molecular formula is C28H20ClNO5. The van der Waals surface area contributed by atoms with E-state index >= 15 is 0 Å². The highest BCUT2D eigenvalue weighted by Gasteiger charge is 2.75. The van der Waals surface area contributed by atoms with Crippen molar-refractivity contribution in [2.24, 2.45) is 11.8 Å². The number of hydrogen-bond acceptors (Lipinski definition) is 5. The summed E-state index contributed by atoms with van der Waals surface area (Å²) in [4.78, 5) is 56.7. The number of Topliss-reactive ketones (excluding diaryl/α,β-unsaturated/α-hetero) is 2. The maximum absolute atomic E-state index is 14.0. The number of nitrogens with zero attached hydrogens (tertiary/aromatic N) is 1. The van der Waals surface area contributed by atoms with E-state index in [2.05, 4.69) is 0 Å². The Morgan fingerprint density at radius 1 is 0.829 bits per heavy atom. The molecule has 7 heteroatoms. The van der Waals surface area contributed by atoms with E-state index in [1.165, 1.54) is 0 Å². The van der Waals surface area contributed by atoms with Crippen LogP contribution < -0.4 is 4.90 Å². The summed E-state index contributed by atoms with van der Waals surface area (Å²) in [5, 5.41) is 0.330. The van der Waals surface area contributed by atoms with Crippen LogP contribution in [-0.2, 0) is 20.7 Å². The first-order chi connectivity index (χ1) is 16.9. The highest BCUT2D eigenvalue weighted by Crippen LogP contribution is 2.58. The van der Waals surface area contributed by atoms with Gasteiger partial charge < -0.3 is 4.74 Å². The zero-order valence-electron chi connectivity index (χ0n) is 18.7. The first kappa shape index (κ1) is 21.9. The molecule has 2 heterocycles. The number of carbonyl (C=O) groups excluding carboxylic acids is 4. The fourth-order valence-corrected chi connectivity index (χ4v) is 6.01. The number of ketones is 2. The normalized spacial score (nSPS) is 24.4. The number of halogens is 1. The van der Waals surface area contributed by atoms with Crippen molar-refractivity contribution in [3.8, 4) is 0 Å². The number of amides is 2. The van der Waals surface area contributed by atoms with Crippen molar-refractivity contribution in [3.63, 3.8) is 0 Å². The Hall–Kier alpha value is -3.61. The number of carbonyl (C=O) groups is 4. The molecular weight excluding hydrogens is 466 g/mol. The van der Waals surface area contributed by atoms with Crippen LogP contribution in [-0.4, -0.2) is 29.0 Å². The molecule has 35 heavy (non-hydrogen) atoms. The molecule has 3 aromatic carbocycles. The molecule has 1 aliphatic carbocycles. The van der Waals surface area contributed by atoms with Crippen molar-refractivity contribution in [3.05, 3.63) is 100 Å². The average molecular weight is 486 g/mol. The lowest BCUT2D eigenvalue weighted by molar-refractivity contribution is -0.127. The van der Waals surface area contributed by atoms with E-state index in [1.807, 2.05) is 19.1 Å². The van der Waals surface area contributed by atoms with Crippen LogP contribution >= 0.6 is 11.6 Å². The molecule has 0 saturated carbocycles. The van der Waals surface area contributed by atoms with E-state index in [-0.39, 0.29) is 11.1 Å². The molecule has 3 aliphatic rings. The number of aryl methyl sites for hydroxylation is 1. The lowest BCUT2D eigenvalue weighted by atomic mass is 9.77. The van der Waals surface area contributed by atoms with Crippen molar-refractivity contribution >= 4 is 40.7 Å². The highest BCUT2D eigenvalue weighted by molar-refractivity contribution is 6.37. The molecule has 1 spiro atoms. The summed E-state index contributed by atoms with van der Waals surface area (Å²) in [6, 6.07) is 20.4. The molecule has 3 atom stereocenters. The number of ether oxygens (including phenoxy) is 1. The summed E-state index contributed by atoms with van der Waals surface area (Å²) >= 11 is 6.48. The molecule has 2 saturated heterocycles. The minimum absolute atomic E-state index is 0.198. The SMILES string of the molecule is CCc1ccccc1N1C(=O)[C@H]2[C@@H](C1=O)C1(O[C@H]2c2ccccc2Cl)C(=O)c2ccccc2C1=O. The Kier molecular flexibility index (Phi) is 4.82. The number of fused-ring (bicyclic) bond motifs is 3. The van der Waals surface area contributed by atoms with Gasteiger partial charge in [0, 0.05) is 21.7 Å². The number of benzene rings is 3. The summed E-state index contributed by atoms with van der Waals surface area (Å²) in [5.41, 5.74) is 0.0198. The van der Waals surface area contributed by atoms with Crippen molar-refractivity contribution in [2.75, 3.05) is 4.90 Å². The molecule has 0 unspecified atom stereocenters. The van der Waals surface area contributed by atoms with Gasteiger partial charge in [-0.1, -0.05) is 79.2 Å². The van der Waals surface area contributed by atoms with Gasteiger partial charge >= 0.3 is 0 Å². The lowest BCUT2D eigenvalue weighted by Crippen LogP contribution is -2.51. The molecule has 6 nitrogen and oxygen atoms in total. The highest BCUT2D eigenvalue weighted by atomic mass is 35.5. The maximum Gasteiger partial charge on any atom is 0.241 e. The molecule has 6 rings (SSSR count). The Morgan fingerprint density at radius 2 is 1.43 bits per heavy atom. The molecule has 0 N–H and O–H groups in total. The molecule has 174 valence electrons. The van der Waals surface area contributed by atoms with Gasteiger partial charge in [0.1, 0.15) is 0 Å². The predicted molar refractivity (Wildman–Crippen MR) is 128 cm³/mol. The van der Waals surface area contributed by atoms with Crippen LogP contribution in [0.2, 0.25) is 5.02 Å². The van der Waals surface area contributed by atoms with E-state index in [1.54, 1.807) is 60.7 Å². The van der Waals surface area contributed by atoms with E-state index in [0.29, 0.717) is 22.7 Å². The Balaban J connectivity index is 1.57. The topological polar surface area (TPSA) is 80.8 Å². The quantitative estimate of drug-likeness (QED) is 0.400. The van der Waals surface area contributed by atoms with Gasteiger partial charge in [-0.2, -0.15) is 0 Å². The molecule has 0 bridgehead atoms. The number of anilines is 1. The zero-order chi connectivity index (χ0) is 24.5. The fraction of sp³-hybridized carbons (Fsp3) is 0.214.